The van der Waals surface area contributed by atoms with E-state index < -0.39 is 11.9 Å². The van der Waals surface area contributed by atoms with Crippen molar-refractivity contribution in [3.63, 3.8) is 0 Å². The van der Waals surface area contributed by atoms with Crippen LogP contribution in [0.2, 0.25) is 0 Å². The van der Waals surface area contributed by atoms with E-state index in [2.05, 4.69) is 26.4 Å². The lowest BCUT2D eigenvalue weighted by Crippen LogP contribution is -2.43. The number of carbonyl (C=O) groups is 2. The second-order valence-corrected chi connectivity index (χ2v) is 4.72. The molecule has 3 N–H and O–H groups in total. The van der Waals surface area contributed by atoms with Crippen LogP contribution in [0.4, 0.5) is 10.5 Å². The summed E-state index contributed by atoms with van der Waals surface area (Å²) in [7, 11) is 0. The van der Waals surface area contributed by atoms with Crippen LogP contribution in [0.3, 0.4) is 0 Å². The molecular formula is C16H13N5O3. The molecule has 1 heterocycles. The van der Waals surface area contributed by atoms with Crippen LogP contribution in [0.25, 0.3) is 11.5 Å². The number of rotatable bonds is 3. The highest BCUT2D eigenvalue weighted by atomic mass is 16.4. The van der Waals surface area contributed by atoms with E-state index in [9.17, 15) is 9.59 Å². The van der Waals surface area contributed by atoms with Crippen LogP contribution in [0.15, 0.2) is 65.4 Å². The first-order valence-corrected chi connectivity index (χ1v) is 7.01. The Bertz CT molecular complexity index is 834. The van der Waals surface area contributed by atoms with Crippen molar-refractivity contribution in [2.45, 2.75) is 0 Å². The Balaban J connectivity index is 1.57. The van der Waals surface area contributed by atoms with Crippen molar-refractivity contribution in [1.29, 1.82) is 0 Å². The molecule has 8 heteroatoms. The lowest BCUT2D eigenvalue weighted by atomic mass is 10.2. The highest BCUT2D eigenvalue weighted by Gasteiger charge is 2.08. The molecule has 0 aliphatic heterocycles. The SMILES string of the molecule is O=C(NNC(=O)c1ccccc1)Nc1cccc(-c2nnco2)c1. The van der Waals surface area contributed by atoms with Gasteiger partial charge in [-0.05, 0) is 30.3 Å². The molecule has 0 unspecified atom stereocenters. The Morgan fingerprint density at radius 3 is 2.54 bits per heavy atom. The van der Waals surface area contributed by atoms with Crippen LogP contribution in [0.5, 0.6) is 0 Å². The van der Waals surface area contributed by atoms with Gasteiger partial charge in [0.15, 0.2) is 0 Å². The van der Waals surface area contributed by atoms with Crippen molar-refractivity contribution < 1.29 is 14.0 Å². The minimum Gasteiger partial charge on any atom is -0.423 e. The predicted molar refractivity (Wildman–Crippen MR) is 85.8 cm³/mol. The summed E-state index contributed by atoms with van der Waals surface area (Å²) in [6.07, 6.45) is 1.22. The highest BCUT2D eigenvalue weighted by molar-refractivity contribution is 5.97. The molecule has 0 aliphatic carbocycles. The molecule has 3 amide bonds. The molecule has 24 heavy (non-hydrogen) atoms. The number of hydrogen-bond acceptors (Lipinski definition) is 5. The van der Waals surface area contributed by atoms with Gasteiger partial charge in [0.2, 0.25) is 12.3 Å². The molecule has 0 saturated carbocycles. The lowest BCUT2D eigenvalue weighted by Gasteiger charge is -2.09. The van der Waals surface area contributed by atoms with Gasteiger partial charge in [-0.3, -0.25) is 10.2 Å². The van der Waals surface area contributed by atoms with E-state index >= 15 is 0 Å². The summed E-state index contributed by atoms with van der Waals surface area (Å²) < 4.78 is 5.10. The standard InChI is InChI=1S/C16H13N5O3/c22-14(11-5-2-1-3-6-11)19-21-16(23)18-13-8-4-7-12(9-13)15-20-17-10-24-15/h1-10H,(H,19,22)(H2,18,21,23). The van der Waals surface area contributed by atoms with Gasteiger partial charge in [0, 0.05) is 16.8 Å². The number of carbonyl (C=O) groups excluding carboxylic acids is 2. The molecule has 0 spiro atoms. The van der Waals surface area contributed by atoms with Gasteiger partial charge >= 0.3 is 6.03 Å². The fourth-order valence-electron chi connectivity index (χ4n) is 1.97. The van der Waals surface area contributed by atoms with E-state index in [0.717, 1.165) is 0 Å². The molecule has 0 aliphatic rings. The van der Waals surface area contributed by atoms with E-state index in [1.54, 1.807) is 54.6 Å². The Labute approximate surface area is 136 Å². The van der Waals surface area contributed by atoms with Crippen LogP contribution >= 0.6 is 0 Å². The fraction of sp³-hybridized carbons (Fsp3) is 0. The zero-order valence-corrected chi connectivity index (χ0v) is 12.4. The van der Waals surface area contributed by atoms with Gasteiger partial charge in [0.25, 0.3) is 5.91 Å². The molecule has 0 bridgehead atoms. The fourth-order valence-corrected chi connectivity index (χ4v) is 1.97. The van der Waals surface area contributed by atoms with Gasteiger partial charge in [-0.2, -0.15) is 0 Å². The smallest absolute Gasteiger partial charge is 0.337 e. The van der Waals surface area contributed by atoms with Crippen LogP contribution in [0, 0.1) is 0 Å². The van der Waals surface area contributed by atoms with E-state index in [4.69, 9.17) is 4.42 Å². The molecule has 0 saturated heterocycles. The van der Waals surface area contributed by atoms with E-state index in [0.29, 0.717) is 22.7 Å². The largest absolute Gasteiger partial charge is 0.423 e. The van der Waals surface area contributed by atoms with Gasteiger partial charge in [-0.15, -0.1) is 10.2 Å². The third-order valence-corrected chi connectivity index (χ3v) is 3.05. The van der Waals surface area contributed by atoms with Gasteiger partial charge in [-0.25, -0.2) is 10.2 Å². The van der Waals surface area contributed by atoms with Crippen LogP contribution in [-0.2, 0) is 0 Å². The molecule has 3 rings (SSSR count). The molecule has 2 aromatic carbocycles. The van der Waals surface area contributed by atoms with Crippen molar-refractivity contribution in [2.24, 2.45) is 0 Å². The molecular weight excluding hydrogens is 310 g/mol. The Hall–Kier alpha value is -3.68. The van der Waals surface area contributed by atoms with Gasteiger partial charge < -0.3 is 9.73 Å². The van der Waals surface area contributed by atoms with Gasteiger partial charge in [0.1, 0.15) is 0 Å². The number of amides is 3. The number of nitrogens with one attached hydrogen (secondary N) is 3. The van der Waals surface area contributed by atoms with Crippen LogP contribution in [0.1, 0.15) is 10.4 Å². The molecule has 0 radical (unpaired) electrons. The average Bonchev–Trinajstić information content (AvgIpc) is 3.15. The summed E-state index contributed by atoms with van der Waals surface area (Å²) in [5, 5.41) is 10.00. The number of urea groups is 1. The topological polar surface area (TPSA) is 109 Å². The summed E-state index contributed by atoms with van der Waals surface area (Å²) >= 11 is 0. The van der Waals surface area contributed by atoms with Crippen molar-refractivity contribution >= 4 is 17.6 Å². The Morgan fingerprint density at radius 1 is 0.958 bits per heavy atom. The quantitative estimate of drug-likeness (QED) is 0.640. The average molecular weight is 323 g/mol. The third kappa shape index (κ3) is 3.74. The van der Waals surface area contributed by atoms with E-state index in [1.165, 1.54) is 6.39 Å². The lowest BCUT2D eigenvalue weighted by molar-refractivity contribution is 0.0938. The van der Waals surface area contributed by atoms with E-state index in [1.807, 2.05) is 0 Å². The Kier molecular flexibility index (Phi) is 4.47. The molecule has 0 fully saturated rings. The molecule has 0 atom stereocenters. The first kappa shape index (κ1) is 15.2. The summed E-state index contributed by atoms with van der Waals surface area (Å²) in [6, 6.07) is 14.8. The number of aromatic nitrogens is 2. The van der Waals surface area contributed by atoms with E-state index in [-0.39, 0.29) is 0 Å². The molecule has 3 aromatic rings. The normalized spacial score (nSPS) is 10.0. The summed E-state index contributed by atoms with van der Waals surface area (Å²) in [4.78, 5) is 23.7. The van der Waals surface area contributed by atoms with Crippen molar-refractivity contribution in [2.75, 3.05) is 5.32 Å². The van der Waals surface area contributed by atoms with Crippen LogP contribution in [-0.4, -0.2) is 22.1 Å². The number of hydrogen-bond donors (Lipinski definition) is 3. The van der Waals surface area contributed by atoms with Gasteiger partial charge in [0.05, 0.1) is 0 Å². The maximum Gasteiger partial charge on any atom is 0.337 e. The van der Waals surface area contributed by atoms with Gasteiger partial charge in [-0.1, -0.05) is 24.3 Å². The first-order valence-electron chi connectivity index (χ1n) is 7.01. The molecule has 8 nitrogen and oxygen atoms in total. The highest BCUT2D eigenvalue weighted by Crippen LogP contribution is 2.20. The maximum atomic E-state index is 11.9. The molecule has 120 valence electrons. The van der Waals surface area contributed by atoms with Crippen molar-refractivity contribution in [3.8, 4) is 11.5 Å². The maximum absolute atomic E-state index is 11.9. The number of nitrogens with zero attached hydrogens (tertiary/aromatic N) is 2. The second kappa shape index (κ2) is 7.05. The summed E-state index contributed by atoms with van der Waals surface area (Å²) in [6.45, 7) is 0. The van der Waals surface area contributed by atoms with Crippen molar-refractivity contribution in [1.82, 2.24) is 21.0 Å². The van der Waals surface area contributed by atoms with Crippen LogP contribution < -0.4 is 16.2 Å². The third-order valence-electron chi connectivity index (χ3n) is 3.05. The monoisotopic (exact) mass is 323 g/mol. The predicted octanol–water partition coefficient (Wildman–Crippen LogP) is 2.20. The number of benzene rings is 2. The minimum absolute atomic E-state index is 0.344. The Morgan fingerprint density at radius 2 is 1.79 bits per heavy atom. The summed E-state index contributed by atoms with van der Waals surface area (Å²) in [5.41, 5.74) is 6.22. The second-order valence-electron chi connectivity index (χ2n) is 4.72. The first-order chi connectivity index (χ1) is 11.7. The number of hydrazine groups is 1. The molecule has 1 aromatic heterocycles. The number of anilines is 1. The minimum atomic E-state index is -0.582. The summed E-state index contributed by atoms with van der Waals surface area (Å²) in [5.74, 6) is -0.0678. The zero-order valence-electron chi connectivity index (χ0n) is 12.4. The van der Waals surface area contributed by atoms with Crippen molar-refractivity contribution in [3.05, 3.63) is 66.6 Å². The zero-order chi connectivity index (χ0) is 16.8.